The third-order valence-corrected chi connectivity index (χ3v) is 7.40. The molecule has 7 heteroatoms. The first-order valence-corrected chi connectivity index (χ1v) is 11.2. The number of aryl methyl sites for hydroxylation is 2. The lowest BCUT2D eigenvalue weighted by Gasteiger charge is -2.25. The Labute approximate surface area is 173 Å². The van der Waals surface area contributed by atoms with Gasteiger partial charge < -0.3 is 9.64 Å². The van der Waals surface area contributed by atoms with Crippen molar-refractivity contribution in [1.29, 1.82) is 0 Å². The highest BCUT2D eigenvalue weighted by Gasteiger charge is 2.30. The van der Waals surface area contributed by atoms with Crippen LogP contribution >= 0.6 is 23.1 Å². The van der Waals surface area contributed by atoms with E-state index in [9.17, 15) is 4.79 Å². The van der Waals surface area contributed by atoms with Gasteiger partial charge >= 0.3 is 0 Å². The van der Waals surface area contributed by atoms with Gasteiger partial charge in [0, 0.05) is 16.8 Å². The minimum atomic E-state index is 0.124. The molecule has 0 spiro atoms. The zero-order valence-corrected chi connectivity index (χ0v) is 17.9. The van der Waals surface area contributed by atoms with Crippen molar-refractivity contribution in [3.63, 3.8) is 0 Å². The summed E-state index contributed by atoms with van der Waals surface area (Å²) < 4.78 is 5.35. The fourth-order valence-electron chi connectivity index (χ4n) is 3.73. The van der Waals surface area contributed by atoms with E-state index < -0.39 is 0 Å². The molecule has 3 heterocycles. The third-order valence-electron chi connectivity index (χ3n) is 5.31. The molecule has 146 valence electrons. The second-order valence-corrected chi connectivity index (χ2v) is 9.12. The largest absolute Gasteiger partial charge is 0.497 e. The molecule has 0 saturated carbocycles. The molecule has 5 nitrogen and oxygen atoms in total. The van der Waals surface area contributed by atoms with E-state index in [2.05, 4.69) is 29.9 Å². The molecule has 1 atom stereocenters. The molecule has 1 unspecified atom stereocenters. The number of aromatic nitrogens is 2. The first kappa shape index (κ1) is 19.2. The summed E-state index contributed by atoms with van der Waals surface area (Å²) >= 11 is 3.20. The van der Waals surface area contributed by atoms with Gasteiger partial charge in [0.1, 0.15) is 21.9 Å². The number of hydrogen-bond donors (Lipinski definition) is 0. The zero-order chi connectivity index (χ0) is 19.7. The van der Waals surface area contributed by atoms with Crippen LogP contribution in [0, 0.1) is 13.8 Å². The SMILES string of the molecule is COc1cccc(C2CCCN2C(=O)CSc2ncnc3sc(C)c(C)c23)c1. The molecule has 0 bridgehead atoms. The minimum absolute atomic E-state index is 0.124. The van der Waals surface area contributed by atoms with Gasteiger partial charge in [-0.25, -0.2) is 9.97 Å². The van der Waals surface area contributed by atoms with Gasteiger partial charge in [0.25, 0.3) is 0 Å². The molecule has 0 radical (unpaired) electrons. The van der Waals surface area contributed by atoms with Crippen molar-refractivity contribution in [2.75, 3.05) is 19.4 Å². The molecule has 0 N–H and O–H groups in total. The summed E-state index contributed by atoms with van der Waals surface area (Å²) in [6.07, 6.45) is 3.61. The number of ether oxygens (including phenoxy) is 1. The minimum Gasteiger partial charge on any atom is -0.497 e. The van der Waals surface area contributed by atoms with Crippen molar-refractivity contribution in [3.8, 4) is 5.75 Å². The van der Waals surface area contributed by atoms with Crippen molar-refractivity contribution in [3.05, 3.63) is 46.6 Å². The molecule has 1 fully saturated rings. The standard InChI is InChI=1S/C21H23N3O2S2/c1-13-14(2)28-21-19(13)20(22-12-23-21)27-11-18(25)24-9-5-8-17(24)15-6-4-7-16(10-15)26-3/h4,6-7,10,12,17H,5,8-9,11H2,1-3H3. The fourth-order valence-corrected chi connectivity index (χ4v) is 5.74. The van der Waals surface area contributed by atoms with Crippen molar-refractivity contribution >= 4 is 39.2 Å². The Balaban J connectivity index is 1.50. The van der Waals surface area contributed by atoms with Crippen LogP contribution in [0.4, 0.5) is 0 Å². The van der Waals surface area contributed by atoms with E-state index >= 15 is 0 Å². The molecular weight excluding hydrogens is 390 g/mol. The molecule has 1 saturated heterocycles. The average molecular weight is 414 g/mol. The van der Waals surface area contributed by atoms with Crippen LogP contribution < -0.4 is 4.74 Å². The summed E-state index contributed by atoms with van der Waals surface area (Å²) in [6, 6.07) is 8.17. The molecule has 1 aromatic carbocycles. The number of likely N-dealkylation sites (tertiary alicyclic amines) is 1. The van der Waals surface area contributed by atoms with Crippen LogP contribution in [-0.4, -0.2) is 40.2 Å². The van der Waals surface area contributed by atoms with Crippen LogP contribution in [0.15, 0.2) is 35.6 Å². The number of methoxy groups -OCH3 is 1. The van der Waals surface area contributed by atoms with Crippen LogP contribution in [-0.2, 0) is 4.79 Å². The zero-order valence-electron chi connectivity index (χ0n) is 16.3. The second-order valence-electron chi connectivity index (χ2n) is 6.95. The van der Waals surface area contributed by atoms with E-state index in [1.54, 1.807) is 24.8 Å². The predicted molar refractivity (Wildman–Crippen MR) is 114 cm³/mol. The second kappa shape index (κ2) is 8.09. The van der Waals surface area contributed by atoms with E-state index in [1.165, 1.54) is 22.2 Å². The highest BCUT2D eigenvalue weighted by Crippen LogP contribution is 2.36. The Morgan fingerprint density at radius 1 is 1.36 bits per heavy atom. The summed E-state index contributed by atoms with van der Waals surface area (Å²) in [5.41, 5.74) is 2.36. The van der Waals surface area contributed by atoms with Crippen LogP contribution in [0.5, 0.6) is 5.75 Å². The maximum Gasteiger partial charge on any atom is 0.233 e. The normalized spacial score (nSPS) is 16.7. The maximum atomic E-state index is 13.0. The number of nitrogens with zero attached hydrogens (tertiary/aromatic N) is 3. The first-order chi connectivity index (χ1) is 13.6. The maximum absolute atomic E-state index is 13.0. The van der Waals surface area contributed by atoms with Crippen LogP contribution in [0.2, 0.25) is 0 Å². The van der Waals surface area contributed by atoms with E-state index in [-0.39, 0.29) is 11.9 Å². The van der Waals surface area contributed by atoms with Gasteiger partial charge in [0.15, 0.2) is 0 Å². The van der Waals surface area contributed by atoms with Gasteiger partial charge in [-0.2, -0.15) is 0 Å². The Morgan fingerprint density at radius 3 is 3.04 bits per heavy atom. The Kier molecular flexibility index (Phi) is 5.55. The molecule has 0 aliphatic carbocycles. The molecular formula is C21H23N3O2S2. The van der Waals surface area contributed by atoms with Crippen molar-refractivity contribution in [1.82, 2.24) is 14.9 Å². The van der Waals surface area contributed by atoms with Crippen molar-refractivity contribution < 1.29 is 9.53 Å². The number of carbonyl (C=O) groups excluding carboxylic acids is 1. The topological polar surface area (TPSA) is 55.3 Å². The molecule has 1 aliphatic heterocycles. The van der Waals surface area contributed by atoms with E-state index in [4.69, 9.17) is 4.74 Å². The third kappa shape index (κ3) is 3.61. The number of thioether (sulfide) groups is 1. The van der Waals surface area contributed by atoms with Crippen LogP contribution in [0.25, 0.3) is 10.2 Å². The Morgan fingerprint density at radius 2 is 2.21 bits per heavy atom. The van der Waals surface area contributed by atoms with E-state index in [0.717, 1.165) is 45.9 Å². The number of fused-ring (bicyclic) bond motifs is 1. The molecule has 4 rings (SSSR count). The number of thiophene rings is 1. The number of carbonyl (C=O) groups is 1. The lowest BCUT2D eigenvalue weighted by molar-refractivity contribution is -0.129. The number of rotatable bonds is 5. The predicted octanol–water partition coefficient (Wildman–Crippen LogP) is 4.77. The summed E-state index contributed by atoms with van der Waals surface area (Å²) in [5, 5.41) is 1.99. The van der Waals surface area contributed by atoms with Gasteiger partial charge in [0.05, 0.1) is 18.9 Å². The molecule has 1 aliphatic rings. The number of amides is 1. The molecule has 1 amide bonds. The lowest BCUT2D eigenvalue weighted by Crippen LogP contribution is -2.32. The highest BCUT2D eigenvalue weighted by molar-refractivity contribution is 8.00. The number of benzene rings is 1. The van der Waals surface area contributed by atoms with Gasteiger partial charge in [-0.3, -0.25) is 4.79 Å². The van der Waals surface area contributed by atoms with Crippen molar-refractivity contribution in [2.24, 2.45) is 0 Å². The summed E-state index contributed by atoms with van der Waals surface area (Å²) in [7, 11) is 1.67. The van der Waals surface area contributed by atoms with Gasteiger partial charge in [-0.15, -0.1) is 11.3 Å². The summed E-state index contributed by atoms with van der Waals surface area (Å²) in [4.78, 5) is 26.1. The average Bonchev–Trinajstić information content (AvgIpc) is 3.32. The monoisotopic (exact) mass is 413 g/mol. The lowest BCUT2D eigenvalue weighted by atomic mass is 10.0. The van der Waals surface area contributed by atoms with Crippen molar-refractivity contribution in [2.45, 2.75) is 37.8 Å². The summed E-state index contributed by atoms with van der Waals surface area (Å²) in [5.74, 6) is 1.38. The fraction of sp³-hybridized carbons (Fsp3) is 0.381. The number of hydrogen-bond acceptors (Lipinski definition) is 6. The molecule has 2 aromatic heterocycles. The highest BCUT2D eigenvalue weighted by atomic mass is 32.2. The Hall–Kier alpha value is -2.12. The molecule has 3 aromatic rings. The smallest absolute Gasteiger partial charge is 0.233 e. The van der Waals surface area contributed by atoms with E-state index in [0.29, 0.717) is 5.75 Å². The van der Waals surface area contributed by atoms with Gasteiger partial charge in [0.2, 0.25) is 5.91 Å². The first-order valence-electron chi connectivity index (χ1n) is 9.35. The van der Waals surface area contributed by atoms with E-state index in [1.807, 2.05) is 23.1 Å². The molecule has 28 heavy (non-hydrogen) atoms. The Bertz CT molecular complexity index is 1020. The van der Waals surface area contributed by atoms with Gasteiger partial charge in [-0.1, -0.05) is 23.9 Å². The summed E-state index contributed by atoms with van der Waals surface area (Å²) in [6.45, 7) is 5.00. The van der Waals surface area contributed by atoms with Crippen LogP contribution in [0.1, 0.15) is 34.9 Å². The quantitative estimate of drug-likeness (QED) is 0.445. The van der Waals surface area contributed by atoms with Crippen LogP contribution in [0.3, 0.4) is 0 Å². The van der Waals surface area contributed by atoms with Gasteiger partial charge in [-0.05, 0) is 49.9 Å².